The summed E-state index contributed by atoms with van der Waals surface area (Å²) in [5.74, 6) is 1.03. The lowest BCUT2D eigenvalue weighted by atomic mass is 9.93. The van der Waals surface area contributed by atoms with Gasteiger partial charge in [-0.15, -0.1) is 0 Å². The van der Waals surface area contributed by atoms with Gasteiger partial charge in [-0.3, -0.25) is 0 Å². The fourth-order valence-electron chi connectivity index (χ4n) is 2.00. The Balaban J connectivity index is 1.76. The second kappa shape index (κ2) is 4.22. The Morgan fingerprint density at radius 2 is 2.19 bits per heavy atom. The molecular formula is C13H14BrNO. The summed E-state index contributed by atoms with van der Waals surface area (Å²) in [7, 11) is 0. The third kappa shape index (κ3) is 2.02. The van der Waals surface area contributed by atoms with E-state index in [1.165, 1.54) is 24.6 Å². The van der Waals surface area contributed by atoms with Gasteiger partial charge in [0.05, 0.1) is 6.54 Å². The van der Waals surface area contributed by atoms with Crippen molar-refractivity contribution in [3.8, 4) is 0 Å². The van der Waals surface area contributed by atoms with Gasteiger partial charge in [0.2, 0.25) is 0 Å². The number of benzene rings is 1. The maximum Gasteiger partial charge on any atom is 0.135 e. The number of fused-ring (bicyclic) bond motifs is 1. The van der Waals surface area contributed by atoms with Gasteiger partial charge in [0.25, 0.3) is 0 Å². The molecule has 1 saturated carbocycles. The summed E-state index contributed by atoms with van der Waals surface area (Å²) in [6, 6.07) is 8.96. The van der Waals surface area contributed by atoms with Gasteiger partial charge in [-0.1, -0.05) is 22.4 Å². The van der Waals surface area contributed by atoms with Gasteiger partial charge in [-0.25, -0.2) is 0 Å². The van der Waals surface area contributed by atoms with Crippen molar-refractivity contribution in [3.63, 3.8) is 0 Å². The minimum Gasteiger partial charge on any atom is -0.460 e. The van der Waals surface area contributed by atoms with Crippen molar-refractivity contribution in [2.45, 2.75) is 31.8 Å². The molecule has 1 heterocycles. The standard InChI is InChI=1S/C13H14BrNO/c14-10-5-4-9-6-12(16-13(9)7-10)8-15-11-2-1-3-11/h4-7,11,15H,1-3,8H2. The van der Waals surface area contributed by atoms with Gasteiger partial charge in [-0.2, -0.15) is 0 Å². The van der Waals surface area contributed by atoms with Crippen LogP contribution in [0.5, 0.6) is 0 Å². The van der Waals surface area contributed by atoms with Crippen LogP contribution in [0, 0.1) is 0 Å². The van der Waals surface area contributed by atoms with E-state index in [4.69, 9.17) is 4.42 Å². The Morgan fingerprint density at radius 3 is 2.94 bits per heavy atom. The maximum absolute atomic E-state index is 5.78. The van der Waals surface area contributed by atoms with Crippen LogP contribution in [-0.4, -0.2) is 6.04 Å². The molecule has 1 aromatic heterocycles. The highest BCUT2D eigenvalue weighted by Crippen LogP contribution is 2.24. The van der Waals surface area contributed by atoms with Crippen LogP contribution in [0.15, 0.2) is 33.2 Å². The van der Waals surface area contributed by atoms with Crippen LogP contribution < -0.4 is 5.32 Å². The highest BCUT2D eigenvalue weighted by atomic mass is 79.9. The molecule has 0 atom stereocenters. The summed E-state index contributed by atoms with van der Waals surface area (Å²) in [6.07, 6.45) is 3.99. The molecule has 2 aromatic rings. The Hall–Kier alpha value is -0.800. The third-order valence-electron chi connectivity index (χ3n) is 3.20. The lowest BCUT2D eigenvalue weighted by molar-refractivity contribution is 0.327. The predicted octanol–water partition coefficient (Wildman–Crippen LogP) is 3.84. The molecule has 3 heteroatoms. The summed E-state index contributed by atoms with van der Waals surface area (Å²) < 4.78 is 6.84. The van der Waals surface area contributed by atoms with Crippen LogP contribution >= 0.6 is 15.9 Å². The molecule has 3 rings (SSSR count). The Bertz CT molecular complexity index is 502. The second-order valence-electron chi connectivity index (χ2n) is 4.40. The quantitative estimate of drug-likeness (QED) is 0.924. The van der Waals surface area contributed by atoms with Crippen molar-refractivity contribution in [1.29, 1.82) is 0 Å². The fourth-order valence-corrected chi connectivity index (χ4v) is 2.34. The molecule has 2 nitrogen and oxygen atoms in total. The molecule has 0 unspecified atom stereocenters. The molecule has 0 radical (unpaired) electrons. The third-order valence-corrected chi connectivity index (χ3v) is 3.70. The van der Waals surface area contributed by atoms with Crippen LogP contribution in [0.2, 0.25) is 0 Å². The zero-order valence-corrected chi connectivity index (χ0v) is 10.6. The van der Waals surface area contributed by atoms with E-state index >= 15 is 0 Å². The zero-order valence-electron chi connectivity index (χ0n) is 9.00. The topological polar surface area (TPSA) is 25.2 Å². The van der Waals surface area contributed by atoms with Crippen molar-refractivity contribution in [1.82, 2.24) is 5.32 Å². The molecule has 1 aromatic carbocycles. The summed E-state index contributed by atoms with van der Waals surface area (Å²) in [4.78, 5) is 0. The number of halogens is 1. The van der Waals surface area contributed by atoms with E-state index in [-0.39, 0.29) is 0 Å². The van der Waals surface area contributed by atoms with Crippen molar-refractivity contribution in [3.05, 3.63) is 34.5 Å². The van der Waals surface area contributed by atoms with E-state index in [0.29, 0.717) is 6.04 Å². The molecule has 0 saturated heterocycles. The van der Waals surface area contributed by atoms with Gasteiger partial charge < -0.3 is 9.73 Å². The largest absolute Gasteiger partial charge is 0.460 e. The van der Waals surface area contributed by atoms with Crippen LogP contribution in [-0.2, 0) is 6.54 Å². The molecule has 16 heavy (non-hydrogen) atoms. The number of hydrogen-bond donors (Lipinski definition) is 1. The first-order valence-corrected chi connectivity index (χ1v) is 6.52. The molecule has 0 aliphatic heterocycles. The van der Waals surface area contributed by atoms with Crippen LogP contribution in [0.1, 0.15) is 25.0 Å². The van der Waals surface area contributed by atoms with E-state index in [9.17, 15) is 0 Å². The second-order valence-corrected chi connectivity index (χ2v) is 5.32. The summed E-state index contributed by atoms with van der Waals surface area (Å²) >= 11 is 3.45. The van der Waals surface area contributed by atoms with Crippen molar-refractivity contribution >= 4 is 26.9 Å². The summed E-state index contributed by atoms with van der Waals surface area (Å²) in [5, 5.41) is 4.68. The molecule has 0 amide bonds. The minimum atomic E-state index is 0.708. The predicted molar refractivity (Wildman–Crippen MR) is 68.4 cm³/mol. The Morgan fingerprint density at radius 1 is 1.31 bits per heavy atom. The molecule has 1 fully saturated rings. The van der Waals surface area contributed by atoms with Gasteiger partial charge in [0.1, 0.15) is 11.3 Å². The minimum absolute atomic E-state index is 0.708. The first-order chi connectivity index (χ1) is 7.81. The van der Waals surface area contributed by atoms with E-state index in [1.54, 1.807) is 0 Å². The number of hydrogen-bond acceptors (Lipinski definition) is 2. The average Bonchev–Trinajstić information content (AvgIpc) is 2.57. The maximum atomic E-state index is 5.78. The highest BCUT2D eigenvalue weighted by molar-refractivity contribution is 9.10. The van der Waals surface area contributed by atoms with E-state index in [1.807, 2.05) is 12.1 Å². The lowest BCUT2D eigenvalue weighted by Gasteiger charge is -2.25. The SMILES string of the molecule is Brc1ccc2cc(CNC3CCC3)oc2c1. The summed E-state index contributed by atoms with van der Waals surface area (Å²) in [5.41, 5.74) is 0.958. The van der Waals surface area contributed by atoms with E-state index in [2.05, 4.69) is 33.4 Å². The molecule has 84 valence electrons. The van der Waals surface area contributed by atoms with Gasteiger partial charge in [-0.05, 0) is 37.1 Å². The molecule has 0 bridgehead atoms. The fraction of sp³-hybridized carbons (Fsp3) is 0.385. The van der Waals surface area contributed by atoms with Crippen LogP contribution in [0.3, 0.4) is 0 Å². The first kappa shape index (κ1) is 10.4. The van der Waals surface area contributed by atoms with Crippen LogP contribution in [0.4, 0.5) is 0 Å². The number of rotatable bonds is 3. The number of nitrogens with one attached hydrogen (secondary N) is 1. The van der Waals surface area contributed by atoms with E-state index < -0.39 is 0 Å². The van der Waals surface area contributed by atoms with Gasteiger partial charge in [0, 0.05) is 15.9 Å². The molecule has 1 aliphatic rings. The smallest absolute Gasteiger partial charge is 0.135 e. The molecule has 0 spiro atoms. The Kier molecular flexibility index (Phi) is 2.74. The lowest BCUT2D eigenvalue weighted by Crippen LogP contribution is -2.34. The highest BCUT2D eigenvalue weighted by Gasteiger charge is 2.16. The normalized spacial score (nSPS) is 16.6. The van der Waals surface area contributed by atoms with Crippen molar-refractivity contribution < 1.29 is 4.42 Å². The zero-order chi connectivity index (χ0) is 11.0. The average molecular weight is 280 g/mol. The first-order valence-electron chi connectivity index (χ1n) is 5.72. The van der Waals surface area contributed by atoms with Crippen LogP contribution in [0.25, 0.3) is 11.0 Å². The van der Waals surface area contributed by atoms with E-state index in [0.717, 1.165) is 22.4 Å². The van der Waals surface area contributed by atoms with Crippen molar-refractivity contribution in [2.24, 2.45) is 0 Å². The Labute approximate surface area is 103 Å². The molecule has 1 aliphatic carbocycles. The van der Waals surface area contributed by atoms with Gasteiger partial charge in [0.15, 0.2) is 0 Å². The van der Waals surface area contributed by atoms with Gasteiger partial charge >= 0.3 is 0 Å². The molecular weight excluding hydrogens is 266 g/mol. The molecule has 1 N–H and O–H groups in total. The number of furan rings is 1. The summed E-state index contributed by atoms with van der Waals surface area (Å²) in [6.45, 7) is 0.844. The monoisotopic (exact) mass is 279 g/mol. The van der Waals surface area contributed by atoms with Crippen molar-refractivity contribution in [2.75, 3.05) is 0 Å².